The van der Waals surface area contributed by atoms with E-state index in [1.54, 1.807) is 36.4 Å². The van der Waals surface area contributed by atoms with E-state index < -0.39 is 9.84 Å². The number of nitrogens with two attached hydrogens (primary N) is 4. The van der Waals surface area contributed by atoms with Gasteiger partial charge in [0.15, 0.2) is 0 Å². The topological polar surface area (TPSA) is 256 Å². The highest BCUT2D eigenvalue weighted by Crippen LogP contribution is 2.37. The van der Waals surface area contributed by atoms with Gasteiger partial charge in [0, 0.05) is 29.7 Å². The van der Waals surface area contributed by atoms with E-state index in [2.05, 4.69) is 13.8 Å². The summed E-state index contributed by atoms with van der Waals surface area (Å²) in [6, 6.07) is 46.0. The van der Waals surface area contributed by atoms with Crippen LogP contribution in [0.4, 0.5) is 22.7 Å². The maximum absolute atomic E-state index is 13.0. The summed E-state index contributed by atoms with van der Waals surface area (Å²) in [5.41, 5.74) is 25.7. The Balaban J connectivity index is 0.000000196. The monoisotopic (exact) mass is 906 g/mol. The number of anilines is 4. The van der Waals surface area contributed by atoms with Gasteiger partial charge < -0.3 is 62.3 Å². The maximum Gasteiger partial charge on any atom is 0.206 e. The first kappa shape index (κ1) is 45.3. The van der Waals surface area contributed by atoms with E-state index >= 15 is 0 Å². The van der Waals surface area contributed by atoms with Gasteiger partial charge in [0.2, 0.25) is 9.84 Å². The molecule has 0 heterocycles. The van der Waals surface area contributed by atoms with E-state index in [4.69, 9.17) is 41.9 Å². The van der Waals surface area contributed by atoms with Crippen LogP contribution in [-0.2, 0) is 15.3 Å². The first-order valence-electron chi connectivity index (χ1n) is 20.2. The minimum Gasteiger partial charge on any atom is -0.506 e. The summed E-state index contributed by atoms with van der Waals surface area (Å²) in [6.45, 7) is 4.31. The van der Waals surface area contributed by atoms with Crippen LogP contribution in [-0.4, -0.2) is 28.8 Å². The van der Waals surface area contributed by atoms with Crippen molar-refractivity contribution in [2.24, 2.45) is 0 Å². The molecular weight excluding hydrogens is 861 g/mol. The van der Waals surface area contributed by atoms with Gasteiger partial charge in [-0.3, -0.25) is 0 Å². The van der Waals surface area contributed by atoms with Crippen LogP contribution < -0.4 is 41.9 Å². The Hall–Kier alpha value is -8.69. The highest BCUT2D eigenvalue weighted by molar-refractivity contribution is 7.91. The molecule has 0 saturated heterocycles. The molecule has 66 heavy (non-hydrogen) atoms. The zero-order valence-electron chi connectivity index (χ0n) is 35.6. The molecule has 15 heteroatoms. The number of hydrogen-bond acceptors (Lipinski definition) is 14. The number of benzene rings is 8. The fraction of sp³-hybridized carbons (Fsp3) is 0.0588. The molecule has 0 aliphatic heterocycles. The van der Waals surface area contributed by atoms with Crippen molar-refractivity contribution in [2.45, 2.75) is 29.1 Å². The van der Waals surface area contributed by atoms with E-state index in [0.29, 0.717) is 46.0 Å². The highest BCUT2D eigenvalue weighted by Gasteiger charge is 2.23. The second kappa shape index (κ2) is 19.0. The Labute approximate surface area is 381 Å². The summed E-state index contributed by atoms with van der Waals surface area (Å²) in [5, 5.41) is 38.1. The lowest BCUT2D eigenvalue weighted by atomic mass is 9.78. The van der Waals surface area contributed by atoms with Gasteiger partial charge in [0.1, 0.15) is 69.0 Å². The third-order valence-electron chi connectivity index (χ3n) is 10.4. The minimum absolute atomic E-state index is 0.0306. The molecule has 12 N–H and O–H groups in total. The predicted molar refractivity (Wildman–Crippen MR) is 254 cm³/mol. The Bertz CT molecular complexity index is 2890. The molecule has 0 radical (unpaired) electrons. The van der Waals surface area contributed by atoms with Crippen LogP contribution in [0.3, 0.4) is 0 Å². The van der Waals surface area contributed by atoms with Crippen molar-refractivity contribution < 1.29 is 47.8 Å². The number of sulfone groups is 1. The van der Waals surface area contributed by atoms with Crippen LogP contribution in [0.25, 0.3) is 0 Å². The molecule has 8 aromatic rings. The molecule has 0 aromatic heterocycles. The fourth-order valence-corrected chi connectivity index (χ4v) is 7.75. The molecule has 0 amide bonds. The van der Waals surface area contributed by atoms with Crippen molar-refractivity contribution in [1.82, 2.24) is 0 Å². The average Bonchev–Trinajstić information content (AvgIpc) is 3.30. The summed E-state index contributed by atoms with van der Waals surface area (Å²) in [7, 11) is -3.76. The molecule has 0 unspecified atom stereocenters. The van der Waals surface area contributed by atoms with E-state index in [1.807, 2.05) is 48.5 Å². The minimum atomic E-state index is -3.76. The average molecular weight is 907 g/mol. The summed E-state index contributed by atoms with van der Waals surface area (Å²) >= 11 is 0. The molecule has 0 aliphatic rings. The number of rotatable bonds is 12. The SMILES string of the molecule is CC(C)(c1ccc(Oc2ccc(O)c(N)c2)cc1)c1ccc(Oc2ccc(O)c(N)c2)cc1.Nc1cc(Oc2ccc(S(=O)(=O)c3ccc(Oc4ccc(O)c(N)c4)cc3)cc2)ccc1O. The molecule has 14 nitrogen and oxygen atoms in total. The van der Waals surface area contributed by atoms with Crippen LogP contribution in [0.15, 0.2) is 180 Å². The second-order valence-electron chi connectivity index (χ2n) is 15.4. The smallest absolute Gasteiger partial charge is 0.206 e. The molecule has 336 valence electrons. The van der Waals surface area contributed by atoms with Crippen LogP contribution in [0.5, 0.6) is 69.0 Å². The molecule has 0 aliphatic carbocycles. The van der Waals surface area contributed by atoms with Crippen molar-refractivity contribution in [2.75, 3.05) is 22.9 Å². The Morgan fingerprint density at radius 2 is 0.561 bits per heavy atom. The standard InChI is InChI=1S/C27H26N2O4.C24H20N2O6S/c1-27(2,17-3-7-19(8-4-17)32-21-11-13-25(30)23(28)15-21)18-5-9-20(10-6-18)33-22-12-14-26(31)24(29)16-22;25-21-13-17(5-11-23(21)27)31-15-1-7-19(8-2-15)33(29,30)20-9-3-16(4-10-20)32-18-6-12-24(28)22(26)14-18/h3-16,30-31H,28-29H2,1-2H3;1-14,27-28H,25-26H2. The number of phenols is 4. The first-order valence-corrected chi connectivity index (χ1v) is 21.6. The molecule has 0 bridgehead atoms. The summed E-state index contributed by atoms with van der Waals surface area (Å²) in [4.78, 5) is 0.195. The summed E-state index contributed by atoms with van der Waals surface area (Å²) in [6.07, 6.45) is 0. The lowest BCUT2D eigenvalue weighted by Crippen LogP contribution is -2.18. The van der Waals surface area contributed by atoms with Crippen LogP contribution in [0.2, 0.25) is 0 Å². The number of aromatic hydroxyl groups is 4. The normalized spacial score (nSPS) is 11.2. The van der Waals surface area contributed by atoms with Crippen LogP contribution in [0, 0.1) is 0 Å². The van der Waals surface area contributed by atoms with E-state index in [-0.39, 0.29) is 61.0 Å². The largest absolute Gasteiger partial charge is 0.506 e. The predicted octanol–water partition coefficient (Wildman–Crippen LogP) is 10.9. The molecule has 0 saturated carbocycles. The molecule has 0 fully saturated rings. The molecule has 8 aromatic carbocycles. The van der Waals surface area contributed by atoms with E-state index in [0.717, 1.165) is 11.1 Å². The molecule has 8 rings (SSSR count). The van der Waals surface area contributed by atoms with Gasteiger partial charge in [-0.1, -0.05) is 38.1 Å². The number of nitrogen functional groups attached to an aromatic ring is 4. The van der Waals surface area contributed by atoms with Gasteiger partial charge in [-0.05, 0) is 132 Å². The van der Waals surface area contributed by atoms with Gasteiger partial charge >= 0.3 is 0 Å². The van der Waals surface area contributed by atoms with Gasteiger partial charge in [-0.2, -0.15) is 0 Å². The van der Waals surface area contributed by atoms with Crippen molar-refractivity contribution in [3.8, 4) is 69.0 Å². The Kier molecular flexibility index (Phi) is 13.0. The Morgan fingerprint density at radius 1 is 0.348 bits per heavy atom. The lowest BCUT2D eigenvalue weighted by molar-refractivity contribution is 0.466. The number of ether oxygens (including phenoxy) is 4. The quantitative estimate of drug-likeness (QED) is 0.0419. The highest BCUT2D eigenvalue weighted by atomic mass is 32.2. The third-order valence-corrected chi connectivity index (χ3v) is 12.1. The molecular formula is C51H46N4O10S. The number of hydrogen-bond donors (Lipinski definition) is 8. The van der Waals surface area contributed by atoms with Gasteiger partial charge in [0.25, 0.3) is 0 Å². The Morgan fingerprint density at radius 3 is 0.788 bits per heavy atom. The molecule has 0 spiro atoms. The van der Waals surface area contributed by atoms with Gasteiger partial charge in [-0.25, -0.2) is 8.42 Å². The van der Waals surface area contributed by atoms with Gasteiger partial charge in [-0.15, -0.1) is 0 Å². The van der Waals surface area contributed by atoms with Crippen molar-refractivity contribution in [3.63, 3.8) is 0 Å². The van der Waals surface area contributed by atoms with Crippen molar-refractivity contribution in [3.05, 3.63) is 181 Å². The van der Waals surface area contributed by atoms with Gasteiger partial charge in [0.05, 0.1) is 32.5 Å². The maximum atomic E-state index is 13.0. The van der Waals surface area contributed by atoms with Crippen molar-refractivity contribution >= 4 is 32.6 Å². The van der Waals surface area contributed by atoms with Crippen molar-refractivity contribution in [1.29, 1.82) is 0 Å². The third kappa shape index (κ3) is 10.7. The first-order chi connectivity index (χ1) is 31.4. The molecule has 0 atom stereocenters. The summed E-state index contributed by atoms with van der Waals surface area (Å²) < 4.78 is 48.9. The zero-order chi connectivity index (χ0) is 47.2. The zero-order valence-corrected chi connectivity index (χ0v) is 36.4. The second-order valence-corrected chi connectivity index (χ2v) is 17.4. The van der Waals surface area contributed by atoms with Crippen LogP contribution >= 0.6 is 0 Å². The van der Waals surface area contributed by atoms with E-state index in [9.17, 15) is 28.8 Å². The van der Waals surface area contributed by atoms with E-state index in [1.165, 1.54) is 84.9 Å². The summed E-state index contributed by atoms with van der Waals surface area (Å²) in [5.74, 6) is 4.08. The van der Waals surface area contributed by atoms with Crippen LogP contribution in [0.1, 0.15) is 25.0 Å². The fourth-order valence-electron chi connectivity index (χ4n) is 6.48. The number of phenolic OH excluding ortho intramolecular Hbond substituents is 4. The lowest BCUT2D eigenvalue weighted by Gasteiger charge is -2.26.